The van der Waals surface area contributed by atoms with Crippen LogP contribution in [0.5, 0.6) is 0 Å². The lowest BCUT2D eigenvalue weighted by molar-refractivity contribution is 0.407. The van der Waals surface area contributed by atoms with E-state index in [1.165, 1.54) is 0 Å². The van der Waals surface area contributed by atoms with Gasteiger partial charge in [-0.15, -0.1) is 0 Å². The third-order valence-electron chi connectivity index (χ3n) is 3.03. The average Bonchev–Trinajstić information content (AvgIpc) is 2.55. The first-order valence-electron chi connectivity index (χ1n) is 6.64. The summed E-state index contributed by atoms with van der Waals surface area (Å²) in [6.45, 7) is 11.1. The highest BCUT2D eigenvalue weighted by molar-refractivity contribution is 6.42. The molecule has 2 N–H and O–H groups in total. The first-order chi connectivity index (χ1) is 8.99. The van der Waals surface area contributed by atoms with E-state index in [1.54, 1.807) is 0 Å². The molecule has 0 amide bonds. The number of benzene rings is 1. The Balaban J connectivity index is 2.75. The Hall–Kier alpha value is -0.770. The van der Waals surface area contributed by atoms with E-state index in [4.69, 9.17) is 33.9 Å². The van der Waals surface area contributed by atoms with Crippen molar-refractivity contribution in [3.63, 3.8) is 0 Å². The fourth-order valence-electron chi connectivity index (χ4n) is 2.26. The zero-order valence-electron chi connectivity index (χ0n) is 12.6. The van der Waals surface area contributed by atoms with Crippen LogP contribution in [-0.4, -0.2) is 15.1 Å². The van der Waals surface area contributed by atoms with Crippen LogP contribution < -0.4 is 5.73 Å². The summed E-state index contributed by atoms with van der Waals surface area (Å²) in [4.78, 5) is 4.73. The Morgan fingerprint density at radius 3 is 2.15 bits per heavy atom. The standard InChI is InChI=1S/C15H21Cl2N3/c1-14(2,3)13-19-11-6-9(16)10(17)7-12(11)20(13)8-15(4,5)18/h6-7H,8,18H2,1-5H3. The number of rotatable bonds is 2. The molecule has 2 rings (SSSR count). The third-order valence-corrected chi connectivity index (χ3v) is 3.75. The van der Waals surface area contributed by atoms with Crippen molar-refractivity contribution in [2.75, 3.05) is 0 Å². The molecule has 1 heterocycles. The topological polar surface area (TPSA) is 43.8 Å². The summed E-state index contributed by atoms with van der Waals surface area (Å²) in [6.07, 6.45) is 0. The second kappa shape index (κ2) is 4.90. The van der Waals surface area contributed by atoms with Crippen molar-refractivity contribution in [1.29, 1.82) is 0 Å². The van der Waals surface area contributed by atoms with Gasteiger partial charge >= 0.3 is 0 Å². The van der Waals surface area contributed by atoms with Gasteiger partial charge in [0, 0.05) is 17.5 Å². The number of nitrogens with zero attached hydrogens (tertiary/aromatic N) is 2. The van der Waals surface area contributed by atoms with Gasteiger partial charge in [-0.2, -0.15) is 0 Å². The maximum absolute atomic E-state index is 6.19. The van der Waals surface area contributed by atoms with Gasteiger partial charge in [-0.3, -0.25) is 0 Å². The van der Waals surface area contributed by atoms with Crippen LogP contribution >= 0.6 is 23.2 Å². The number of hydrogen-bond acceptors (Lipinski definition) is 2. The number of imidazole rings is 1. The van der Waals surface area contributed by atoms with E-state index >= 15 is 0 Å². The van der Waals surface area contributed by atoms with Gasteiger partial charge in [0.15, 0.2) is 0 Å². The van der Waals surface area contributed by atoms with Crippen molar-refractivity contribution < 1.29 is 0 Å². The zero-order valence-corrected chi connectivity index (χ0v) is 14.1. The van der Waals surface area contributed by atoms with Gasteiger partial charge in [0.2, 0.25) is 0 Å². The van der Waals surface area contributed by atoms with E-state index in [1.807, 2.05) is 26.0 Å². The number of fused-ring (bicyclic) bond motifs is 1. The molecule has 0 spiro atoms. The van der Waals surface area contributed by atoms with Gasteiger partial charge in [-0.1, -0.05) is 44.0 Å². The highest BCUT2D eigenvalue weighted by Gasteiger charge is 2.26. The largest absolute Gasteiger partial charge is 0.326 e. The molecule has 0 aliphatic carbocycles. The summed E-state index contributed by atoms with van der Waals surface area (Å²) in [5.41, 5.74) is 7.61. The van der Waals surface area contributed by atoms with Gasteiger partial charge in [0.25, 0.3) is 0 Å². The molecule has 0 fully saturated rings. The van der Waals surface area contributed by atoms with Crippen molar-refractivity contribution in [1.82, 2.24) is 9.55 Å². The second-order valence-corrected chi connectivity index (χ2v) is 7.83. The molecule has 20 heavy (non-hydrogen) atoms. The molecule has 0 unspecified atom stereocenters. The summed E-state index contributed by atoms with van der Waals surface area (Å²) in [5, 5.41) is 1.06. The highest BCUT2D eigenvalue weighted by atomic mass is 35.5. The van der Waals surface area contributed by atoms with E-state index in [0.29, 0.717) is 16.6 Å². The Labute approximate surface area is 130 Å². The van der Waals surface area contributed by atoms with Crippen molar-refractivity contribution in [3.05, 3.63) is 28.0 Å². The Kier molecular flexibility index (Phi) is 3.83. The van der Waals surface area contributed by atoms with E-state index in [2.05, 4.69) is 25.3 Å². The number of aromatic nitrogens is 2. The van der Waals surface area contributed by atoms with E-state index in [0.717, 1.165) is 16.9 Å². The smallest absolute Gasteiger partial charge is 0.115 e. The van der Waals surface area contributed by atoms with Gasteiger partial charge in [0.05, 0.1) is 21.1 Å². The summed E-state index contributed by atoms with van der Waals surface area (Å²) in [6, 6.07) is 3.68. The molecule has 1 aromatic carbocycles. The maximum atomic E-state index is 6.19. The number of halogens is 2. The lowest BCUT2D eigenvalue weighted by atomic mass is 9.95. The molecule has 0 saturated carbocycles. The minimum atomic E-state index is -0.334. The molecule has 1 aromatic heterocycles. The van der Waals surface area contributed by atoms with Crippen LogP contribution in [-0.2, 0) is 12.0 Å². The Morgan fingerprint density at radius 2 is 1.65 bits per heavy atom. The lowest BCUT2D eigenvalue weighted by Crippen LogP contribution is -2.38. The van der Waals surface area contributed by atoms with Crippen molar-refractivity contribution in [2.24, 2.45) is 5.73 Å². The van der Waals surface area contributed by atoms with E-state index in [9.17, 15) is 0 Å². The van der Waals surface area contributed by atoms with Crippen LogP contribution in [0.4, 0.5) is 0 Å². The van der Waals surface area contributed by atoms with Crippen LogP contribution in [0.15, 0.2) is 12.1 Å². The van der Waals surface area contributed by atoms with Crippen molar-refractivity contribution in [2.45, 2.75) is 52.1 Å². The first kappa shape index (κ1) is 15.6. The molecule has 2 aromatic rings. The quantitative estimate of drug-likeness (QED) is 0.894. The summed E-state index contributed by atoms with van der Waals surface area (Å²) < 4.78 is 2.15. The van der Waals surface area contributed by atoms with Crippen LogP contribution in [0.25, 0.3) is 11.0 Å². The zero-order chi connectivity index (χ0) is 15.3. The molecule has 5 heteroatoms. The molecular weight excluding hydrogens is 293 g/mol. The predicted molar refractivity (Wildman–Crippen MR) is 86.7 cm³/mol. The van der Waals surface area contributed by atoms with E-state index < -0.39 is 0 Å². The molecule has 0 atom stereocenters. The second-order valence-electron chi connectivity index (χ2n) is 7.02. The highest BCUT2D eigenvalue weighted by Crippen LogP contribution is 2.32. The molecule has 0 aliphatic rings. The fraction of sp³-hybridized carbons (Fsp3) is 0.533. The summed E-state index contributed by atoms with van der Waals surface area (Å²) in [5.74, 6) is 0.990. The van der Waals surface area contributed by atoms with Gasteiger partial charge in [-0.25, -0.2) is 4.98 Å². The number of nitrogens with two attached hydrogens (primary N) is 1. The van der Waals surface area contributed by atoms with Crippen molar-refractivity contribution >= 4 is 34.2 Å². The molecule has 0 aliphatic heterocycles. The summed E-state index contributed by atoms with van der Waals surface area (Å²) in [7, 11) is 0. The average molecular weight is 314 g/mol. The third kappa shape index (κ3) is 3.11. The minimum absolute atomic E-state index is 0.0801. The maximum Gasteiger partial charge on any atom is 0.115 e. The fourth-order valence-corrected chi connectivity index (χ4v) is 2.58. The monoisotopic (exact) mass is 313 g/mol. The van der Waals surface area contributed by atoms with Gasteiger partial charge in [0.1, 0.15) is 5.82 Å². The van der Waals surface area contributed by atoms with E-state index in [-0.39, 0.29) is 11.0 Å². The number of hydrogen-bond donors (Lipinski definition) is 1. The van der Waals surface area contributed by atoms with Gasteiger partial charge in [-0.05, 0) is 26.0 Å². The van der Waals surface area contributed by atoms with Crippen molar-refractivity contribution in [3.8, 4) is 0 Å². The normalized spacial score (nSPS) is 13.2. The first-order valence-corrected chi connectivity index (χ1v) is 7.39. The molecule has 0 bridgehead atoms. The summed E-state index contributed by atoms with van der Waals surface area (Å²) >= 11 is 12.2. The molecular formula is C15H21Cl2N3. The predicted octanol–water partition coefficient (Wildman–Crippen LogP) is 4.38. The molecule has 0 saturated heterocycles. The molecule has 110 valence electrons. The van der Waals surface area contributed by atoms with Crippen LogP contribution in [0.3, 0.4) is 0 Å². The van der Waals surface area contributed by atoms with Crippen LogP contribution in [0.2, 0.25) is 10.0 Å². The van der Waals surface area contributed by atoms with Crippen LogP contribution in [0.1, 0.15) is 40.4 Å². The van der Waals surface area contributed by atoms with Crippen LogP contribution in [0, 0.1) is 0 Å². The molecule has 3 nitrogen and oxygen atoms in total. The Morgan fingerprint density at radius 1 is 1.10 bits per heavy atom. The minimum Gasteiger partial charge on any atom is -0.326 e. The van der Waals surface area contributed by atoms with Gasteiger partial charge < -0.3 is 10.3 Å². The SMILES string of the molecule is CC(C)(N)Cn1c(C(C)(C)C)nc2cc(Cl)c(Cl)cc21. The molecule has 0 radical (unpaired) electrons. The Bertz CT molecular complexity index is 646. The lowest BCUT2D eigenvalue weighted by Gasteiger charge is -2.25.